The lowest BCUT2D eigenvalue weighted by Gasteiger charge is -2.29. The number of carbonyl (C=O) groups excluding carboxylic acids is 3. The Hall–Kier alpha value is -4.63. The molecule has 1 aliphatic rings. The fourth-order valence-electron chi connectivity index (χ4n) is 4.66. The van der Waals surface area contributed by atoms with E-state index in [0.29, 0.717) is 33.2 Å². The van der Waals surface area contributed by atoms with Gasteiger partial charge in [0.2, 0.25) is 5.95 Å². The van der Waals surface area contributed by atoms with E-state index in [0.717, 1.165) is 5.56 Å². The van der Waals surface area contributed by atoms with Crippen molar-refractivity contribution >= 4 is 35.1 Å². The van der Waals surface area contributed by atoms with Crippen LogP contribution in [0, 0.1) is 6.92 Å². The van der Waals surface area contributed by atoms with Crippen molar-refractivity contribution in [3.05, 3.63) is 112 Å². The number of hydrogen-bond acceptors (Lipinski definition) is 7. The van der Waals surface area contributed by atoms with Crippen LogP contribution in [0.1, 0.15) is 43.1 Å². The van der Waals surface area contributed by atoms with Crippen LogP contribution >= 0.6 is 11.6 Å². The highest BCUT2D eigenvalue weighted by atomic mass is 35.5. The lowest BCUT2D eigenvalue weighted by atomic mass is 9.99. The van der Waals surface area contributed by atoms with Gasteiger partial charge in [0.15, 0.2) is 5.78 Å². The molecule has 2 aromatic heterocycles. The number of ketones is 1. The number of benzene rings is 2. The second-order valence-corrected chi connectivity index (χ2v) is 9.93. The molecule has 1 aliphatic heterocycles. The van der Waals surface area contributed by atoms with Crippen LogP contribution in [0.4, 0.5) is 5.95 Å². The number of aryl methyl sites for hydroxylation is 1. The molecule has 0 aliphatic carbocycles. The summed E-state index contributed by atoms with van der Waals surface area (Å²) in [7, 11) is 1.46. The van der Waals surface area contributed by atoms with Crippen molar-refractivity contribution < 1.29 is 19.1 Å². The van der Waals surface area contributed by atoms with Crippen molar-refractivity contribution in [2.24, 2.45) is 0 Å². The molecule has 1 atom stereocenters. The molecule has 0 unspecified atom stereocenters. The Kier molecular flexibility index (Phi) is 7.84. The van der Waals surface area contributed by atoms with Crippen molar-refractivity contribution in [1.82, 2.24) is 19.9 Å². The number of rotatable bonds is 7. The van der Waals surface area contributed by atoms with Gasteiger partial charge in [-0.05, 0) is 66.1 Å². The molecule has 0 bridgehead atoms. The second-order valence-electron chi connectivity index (χ2n) is 9.49. The first-order valence-corrected chi connectivity index (χ1v) is 13.0. The summed E-state index contributed by atoms with van der Waals surface area (Å²) in [4.78, 5) is 54.5. The van der Waals surface area contributed by atoms with Crippen LogP contribution in [-0.4, -0.2) is 50.6 Å². The number of amides is 2. The number of Topliss-reactive ketones (excluding diaryl/α,β-unsaturated/α-hetero) is 1. The zero-order chi connectivity index (χ0) is 28.2. The van der Waals surface area contributed by atoms with E-state index in [1.54, 1.807) is 66.0 Å². The minimum Gasteiger partial charge on any atom is -0.496 e. The molecule has 10 heteroatoms. The first-order chi connectivity index (χ1) is 19.3. The maximum atomic E-state index is 13.9. The molecule has 40 heavy (non-hydrogen) atoms. The first kappa shape index (κ1) is 27.0. The molecule has 0 saturated carbocycles. The van der Waals surface area contributed by atoms with Gasteiger partial charge in [-0.1, -0.05) is 23.7 Å². The van der Waals surface area contributed by atoms with Gasteiger partial charge in [-0.3, -0.25) is 24.7 Å². The van der Waals surface area contributed by atoms with E-state index in [9.17, 15) is 14.4 Å². The predicted molar refractivity (Wildman–Crippen MR) is 149 cm³/mol. The third-order valence-electron chi connectivity index (χ3n) is 6.67. The number of nitrogens with one attached hydrogen (secondary N) is 1. The Labute approximate surface area is 236 Å². The van der Waals surface area contributed by atoms with Gasteiger partial charge >= 0.3 is 0 Å². The molecule has 4 aromatic rings. The van der Waals surface area contributed by atoms with E-state index in [-0.39, 0.29) is 42.6 Å². The third-order valence-corrected chi connectivity index (χ3v) is 6.90. The van der Waals surface area contributed by atoms with Crippen LogP contribution in [0.3, 0.4) is 0 Å². The molecular formula is C30H26ClN5O4. The number of hydrogen-bond donors (Lipinski definition) is 1. The largest absolute Gasteiger partial charge is 0.496 e. The summed E-state index contributed by atoms with van der Waals surface area (Å²) in [5.41, 5.74) is 3.56. The molecule has 0 saturated heterocycles. The fourth-order valence-corrected chi connectivity index (χ4v) is 4.85. The number of halogens is 1. The molecular weight excluding hydrogens is 530 g/mol. The first-order valence-electron chi connectivity index (χ1n) is 12.6. The summed E-state index contributed by atoms with van der Waals surface area (Å²) in [6.07, 6.45) is 5.22. The highest BCUT2D eigenvalue weighted by molar-refractivity contribution is 6.30. The van der Waals surface area contributed by atoms with E-state index in [2.05, 4.69) is 20.3 Å². The number of fused-ring (bicyclic) bond motifs is 1. The summed E-state index contributed by atoms with van der Waals surface area (Å²) in [6.45, 7) is 1.97. The number of anilines is 1. The molecule has 2 aromatic carbocycles. The average Bonchev–Trinajstić information content (AvgIpc) is 3.04. The van der Waals surface area contributed by atoms with E-state index < -0.39 is 11.9 Å². The lowest BCUT2D eigenvalue weighted by molar-refractivity contribution is -0.122. The highest BCUT2D eigenvalue weighted by Gasteiger charge is 2.36. The molecule has 0 radical (unpaired) electrons. The molecule has 202 valence electrons. The minimum absolute atomic E-state index is 0.0825. The average molecular weight is 556 g/mol. The van der Waals surface area contributed by atoms with Gasteiger partial charge in [0.05, 0.1) is 18.7 Å². The van der Waals surface area contributed by atoms with Crippen molar-refractivity contribution in [2.45, 2.75) is 32.4 Å². The third kappa shape index (κ3) is 5.84. The molecule has 3 heterocycles. The standard InChI is InChI=1S/C30H26ClN5O4/c1-18-15-33-30(34-16-18)35-28(38)24-8-6-19(11-27(24)40-2)17-36-25(14-22-5-3-4-10-32-22)26(37)13-20-12-21(31)7-9-23(20)29(36)39/h3-12,15-16,25H,13-14,17H2,1-2H3,(H,33,34,35,38)/t25-/m1/s1. The molecule has 1 N–H and O–H groups in total. The summed E-state index contributed by atoms with van der Waals surface area (Å²) in [6, 6.07) is 14.7. The Morgan fingerprint density at radius 1 is 1.07 bits per heavy atom. The zero-order valence-corrected chi connectivity index (χ0v) is 22.7. The smallest absolute Gasteiger partial charge is 0.261 e. The summed E-state index contributed by atoms with van der Waals surface area (Å²) in [5.74, 6) is -0.348. The summed E-state index contributed by atoms with van der Waals surface area (Å²) < 4.78 is 5.52. The second kappa shape index (κ2) is 11.6. The number of carbonyl (C=O) groups is 3. The number of nitrogens with zero attached hydrogens (tertiary/aromatic N) is 4. The van der Waals surface area contributed by atoms with Crippen LogP contribution in [0.15, 0.2) is 73.2 Å². The Morgan fingerprint density at radius 3 is 2.60 bits per heavy atom. The maximum absolute atomic E-state index is 13.9. The molecule has 5 rings (SSSR count). The van der Waals surface area contributed by atoms with E-state index >= 15 is 0 Å². The van der Waals surface area contributed by atoms with Crippen molar-refractivity contribution in [1.29, 1.82) is 0 Å². The van der Waals surface area contributed by atoms with Crippen LogP contribution in [0.25, 0.3) is 0 Å². The molecule has 0 spiro atoms. The molecule has 0 fully saturated rings. The van der Waals surface area contributed by atoms with Crippen molar-refractivity contribution in [3.63, 3.8) is 0 Å². The Bertz CT molecular complexity index is 1580. The fraction of sp³-hybridized carbons (Fsp3) is 0.200. The van der Waals surface area contributed by atoms with Gasteiger partial charge in [0.1, 0.15) is 5.75 Å². The predicted octanol–water partition coefficient (Wildman–Crippen LogP) is 4.47. The SMILES string of the molecule is COc1cc(CN2C(=O)c3ccc(Cl)cc3CC(=O)[C@H]2Cc2ccccn2)ccc1C(=O)Nc1ncc(C)cn1. The number of aromatic nitrogens is 3. The summed E-state index contributed by atoms with van der Waals surface area (Å²) >= 11 is 6.19. The van der Waals surface area contributed by atoms with E-state index in [1.807, 2.05) is 19.1 Å². The number of ether oxygens (including phenoxy) is 1. The van der Waals surface area contributed by atoms with Crippen molar-refractivity contribution in [3.8, 4) is 5.75 Å². The van der Waals surface area contributed by atoms with Crippen LogP contribution in [0.5, 0.6) is 5.75 Å². The lowest BCUT2D eigenvalue weighted by Crippen LogP contribution is -2.45. The van der Waals surface area contributed by atoms with E-state index in [1.165, 1.54) is 7.11 Å². The van der Waals surface area contributed by atoms with Gasteiger partial charge < -0.3 is 9.64 Å². The van der Waals surface area contributed by atoms with Crippen LogP contribution in [-0.2, 0) is 24.2 Å². The Morgan fingerprint density at radius 2 is 1.88 bits per heavy atom. The monoisotopic (exact) mass is 555 g/mol. The quantitative estimate of drug-likeness (QED) is 0.358. The number of methoxy groups -OCH3 is 1. The highest BCUT2D eigenvalue weighted by Crippen LogP contribution is 2.28. The van der Waals surface area contributed by atoms with E-state index in [4.69, 9.17) is 16.3 Å². The Balaban J connectivity index is 1.46. The van der Waals surface area contributed by atoms with Gasteiger partial charge in [0, 0.05) is 54.3 Å². The maximum Gasteiger partial charge on any atom is 0.261 e. The van der Waals surface area contributed by atoms with Gasteiger partial charge in [-0.25, -0.2) is 9.97 Å². The van der Waals surface area contributed by atoms with Gasteiger partial charge in [-0.15, -0.1) is 0 Å². The van der Waals surface area contributed by atoms with Crippen LogP contribution in [0.2, 0.25) is 5.02 Å². The molecule has 2 amide bonds. The van der Waals surface area contributed by atoms with Gasteiger partial charge in [-0.2, -0.15) is 0 Å². The topological polar surface area (TPSA) is 114 Å². The number of pyridine rings is 1. The zero-order valence-electron chi connectivity index (χ0n) is 21.9. The minimum atomic E-state index is -0.749. The van der Waals surface area contributed by atoms with Crippen molar-refractivity contribution in [2.75, 3.05) is 12.4 Å². The molecule has 9 nitrogen and oxygen atoms in total. The normalized spacial score (nSPS) is 14.9. The van der Waals surface area contributed by atoms with Crippen LogP contribution < -0.4 is 10.1 Å². The summed E-state index contributed by atoms with van der Waals surface area (Å²) in [5, 5.41) is 3.13. The van der Waals surface area contributed by atoms with Gasteiger partial charge in [0.25, 0.3) is 11.8 Å².